The monoisotopic (exact) mass is 510 g/mol. The number of hydrogen-bond acceptors (Lipinski definition) is 9. The number of aliphatic hydroxyl groups is 1. The Morgan fingerprint density at radius 1 is 1.24 bits per heavy atom. The molecule has 1 fully saturated rings. The van der Waals surface area contributed by atoms with Crippen molar-refractivity contribution in [2.75, 3.05) is 0 Å². The van der Waals surface area contributed by atoms with Crippen molar-refractivity contribution in [3.63, 3.8) is 0 Å². The van der Waals surface area contributed by atoms with Gasteiger partial charge in [0.2, 0.25) is 16.8 Å². The van der Waals surface area contributed by atoms with Gasteiger partial charge >= 0.3 is 0 Å². The maximum absolute atomic E-state index is 13.0. The first-order chi connectivity index (χ1) is 15.5. The summed E-state index contributed by atoms with van der Waals surface area (Å²) in [7, 11) is -1.37. The topological polar surface area (TPSA) is 130 Å². The quantitative estimate of drug-likeness (QED) is 0.310. The molecule has 2 aliphatic heterocycles. The second kappa shape index (κ2) is 10.1. The molecule has 0 aliphatic carbocycles. The second-order valence-corrected chi connectivity index (χ2v) is 12.6. The molecular formula is C22H26N2O6S3. The minimum absolute atomic E-state index is 0.0649. The predicted molar refractivity (Wildman–Crippen MR) is 129 cm³/mol. The van der Waals surface area contributed by atoms with E-state index in [1.165, 1.54) is 18.3 Å². The van der Waals surface area contributed by atoms with Crippen LogP contribution in [0.15, 0.2) is 23.1 Å². The Balaban J connectivity index is 1.98. The van der Waals surface area contributed by atoms with Crippen molar-refractivity contribution in [2.45, 2.75) is 69.3 Å². The van der Waals surface area contributed by atoms with Crippen LogP contribution in [0.5, 0.6) is 0 Å². The number of Topliss-reactive ketones (excluding diaryl/α,β-unsaturated/α-hetero) is 2. The third kappa shape index (κ3) is 5.42. The zero-order valence-corrected chi connectivity index (χ0v) is 21.0. The van der Waals surface area contributed by atoms with Crippen LogP contribution in [0.3, 0.4) is 0 Å². The highest BCUT2D eigenvalue weighted by atomic mass is 33.1. The van der Waals surface area contributed by atoms with Crippen LogP contribution >= 0.6 is 22.1 Å². The Hall–Kier alpha value is -1.95. The Morgan fingerprint density at radius 2 is 1.97 bits per heavy atom. The van der Waals surface area contributed by atoms with Crippen LogP contribution in [0.1, 0.15) is 69.6 Å². The lowest BCUT2D eigenvalue weighted by Crippen LogP contribution is -2.55. The van der Waals surface area contributed by atoms with E-state index in [0.29, 0.717) is 33.5 Å². The van der Waals surface area contributed by atoms with Gasteiger partial charge in [0.05, 0.1) is 21.6 Å². The molecule has 4 unspecified atom stereocenters. The third-order valence-electron chi connectivity index (χ3n) is 5.85. The molecule has 0 saturated carbocycles. The minimum atomic E-state index is -2.01. The lowest BCUT2D eigenvalue weighted by molar-refractivity contribution is -0.136. The maximum Gasteiger partial charge on any atom is 0.234 e. The smallest absolute Gasteiger partial charge is 0.234 e. The Kier molecular flexibility index (Phi) is 7.87. The molecule has 1 saturated heterocycles. The Labute approximate surface area is 202 Å². The molecule has 2 N–H and O–H groups in total. The molecule has 1 aromatic heterocycles. The molecule has 1 amide bonds. The van der Waals surface area contributed by atoms with Gasteiger partial charge in [-0.15, -0.1) is 11.3 Å². The van der Waals surface area contributed by atoms with Crippen LogP contribution in [-0.2, 0) is 29.0 Å². The minimum Gasteiger partial charge on any atom is -0.380 e. The number of nitrogens with one attached hydrogen (secondary N) is 1. The largest absolute Gasteiger partial charge is 0.380 e. The molecule has 178 valence electrons. The van der Waals surface area contributed by atoms with Crippen LogP contribution in [0.25, 0.3) is 6.08 Å². The summed E-state index contributed by atoms with van der Waals surface area (Å²) in [6.45, 7) is 4.70. The highest BCUT2D eigenvalue weighted by Crippen LogP contribution is 2.49. The van der Waals surface area contributed by atoms with Gasteiger partial charge in [-0.1, -0.05) is 17.7 Å². The highest BCUT2D eigenvalue weighted by Gasteiger charge is 2.63. The van der Waals surface area contributed by atoms with Crippen LogP contribution in [0.2, 0.25) is 0 Å². The summed E-state index contributed by atoms with van der Waals surface area (Å²) < 4.78 is 11.4. The highest BCUT2D eigenvalue weighted by molar-refractivity contribution is 8.76. The van der Waals surface area contributed by atoms with Gasteiger partial charge in [0, 0.05) is 35.4 Å². The van der Waals surface area contributed by atoms with Crippen molar-refractivity contribution >= 4 is 60.6 Å². The molecule has 4 atom stereocenters. The molecule has 8 nitrogen and oxygen atoms in total. The molecule has 3 heterocycles. The SMILES string of the molecule is CC1=CCC2(CC(=O)NC(C)c3nc(cs3)C=CCCC(=O)C(=O)C1)S(=O)SC(=O)C2(C)O. The number of thiazole rings is 1. The zero-order valence-electron chi connectivity index (χ0n) is 18.6. The normalized spacial score (nSPS) is 32.4. The van der Waals surface area contributed by atoms with Gasteiger partial charge in [0.1, 0.15) is 15.4 Å². The first kappa shape index (κ1) is 25.7. The number of fused-ring (bicyclic) bond motifs is 2. The van der Waals surface area contributed by atoms with Crippen LogP contribution in [0, 0.1) is 0 Å². The van der Waals surface area contributed by atoms with E-state index in [4.69, 9.17) is 0 Å². The van der Waals surface area contributed by atoms with Crippen LogP contribution < -0.4 is 5.32 Å². The lowest BCUT2D eigenvalue weighted by atomic mass is 9.82. The van der Waals surface area contributed by atoms with E-state index in [1.54, 1.807) is 32.1 Å². The number of aromatic nitrogens is 1. The van der Waals surface area contributed by atoms with Gasteiger partial charge in [-0.3, -0.25) is 19.2 Å². The van der Waals surface area contributed by atoms with E-state index in [2.05, 4.69) is 10.3 Å². The molecule has 0 radical (unpaired) electrons. The van der Waals surface area contributed by atoms with Crippen molar-refractivity contribution in [2.24, 2.45) is 0 Å². The summed E-state index contributed by atoms with van der Waals surface area (Å²) >= 11 is 1.36. The zero-order chi connectivity index (χ0) is 24.4. The second-order valence-electron chi connectivity index (χ2n) is 8.47. The van der Waals surface area contributed by atoms with Gasteiger partial charge in [-0.05, 0) is 39.7 Å². The van der Waals surface area contributed by atoms with E-state index in [9.17, 15) is 28.5 Å². The van der Waals surface area contributed by atoms with E-state index in [0.717, 1.165) is 0 Å². The summed E-state index contributed by atoms with van der Waals surface area (Å²) in [4.78, 5) is 54.3. The van der Waals surface area contributed by atoms with Gasteiger partial charge in [-0.25, -0.2) is 9.19 Å². The van der Waals surface area contributed by atoms with Gasteiger partial charge in [0.25, 0.3) is 0 Å². The Morgan fingerprint density at radius 3 is 2.64 bits per heavy atom. The predicted octanol–water partition coefficient (Wildman–Crippen LogP) is 2.81. The summed E-state index contributed by atoms with van der Waals surface area (Å²) in [5, 5.41) is 15.6. The van der Waals surface area contributed by atoms with E-state index < -0.39 is 48.8 Å². The molecule has 2 aliphatic rings. The number of hydrogen-bond donors (Lipinski definition) is 2. The fraction of sp³-hybridized carbons (Fsp3) is 0.500. The van der Waals surface area contributed by atoms with Crippen molar-refractivity contribution in [1.82, 2.24) is 10.3 Å². The molecule has 0 aromatic carbocycles. The molecule has 11 heteroatoms. The molecule has 1 spiro atoms. The average Bonchev–Trinajstić information content (AvgIpc) is 3.27. The van der Waals surface area contributed by atoms with E-state index in [-0.39, 0.29) is 25.7 Å². The molecule has 2 bridgehead atoms. The maximum atomic E-state index is 13.0. The van der Waals surface area contributed by atoms with Gasteiger partial charge < -0.3 is 10.4 Å². The van der Waals surface area contributed by atoms with Crippen molar-refractivity contribution < 1.29 is 28.5 Å². The number of rotatable bonds is 0. The van der Waals surface area contributed by atoms with Crippen molar-refractivity contribution in [3.05, 3.63) is 33.8 Å². The van der Waals surface area contributed by atoms with Crippen LogP contribution in [-0.4, -0.2) is 47.2 Å². The van der Waals surface area contributed by atoms with Crippen molar-refractivity contribution in [1.29, 1.82) is 0 Å². The summed E-state index contributed by atoms with van der Waals surface area (Å²) in [6, 6.07) is -0.430. The fourth-order valence-corrected chi connectivity index (χ4v) is 8.30. The summed E-state index contributed by atoms with van der Waals surface area (Å²) in [6.07, 6.45) is 5.08. The number of nitrogens with zero attached hydrogens (tertiary/aromatic N) is 1. The first-order valence-electron chi connectivity index (χ1n) is 10.5. The molecule has 3 rings (SSSR count). The number of amides is 1. The van der Waals surface area contributed by atoms with Gasteiger partial charge in [-0.2, -0.15) is 0 Å². The van der Waals surface area contributed by atoms with E-state index >= 15 is 0 Å². The van der Waals surface area contributed by atoms with Crippen LogP contribution in [0.4, 0.5) is 0 Å². The first-order valence-corrected chi connectivity index (χ1v) is 13.8. The van der Waals surface area contributed by atoms with Gasteiger partial charge in [0.15, 0.2) is 5.78 Å². The molecular weight excluding hydrogens is 484 g/mol. The summed E-state index contributed by atoms with van der Waals surface area (Å²) in [5.41, 5.74) is -0.794. The Bertz CT molecular complexity index is 1070. The number of allylic oxidation sites excluding steroid dienone is 3. The third-order valence-corrected chi connectivity index (χ3v) is 10.8. The molecule has 33 heavy (non-hydrogen) atoms. The standard InChI is InChI=1S/C22H26N2O6S3/c1-13-8-9-22(21(3,29)20(28)32-33(22)30)11-18(27)23-14(2)19-24-15(12-31-19)6-4-5-7-16(25)17(26)10-13/h4,6,8,12,14,29H,5,7,9-11H2,1-3H3,(H,23,27). The fourth-order valence-electron chi connectivity index (χ4n) is 3.66. The number of ketones is 2. The van der Waals surface area contributed by atoms with E-state index in [1.807, 2.05) is 5.38 Å². The average molecular weight is 511 g/mol. The van der Waals surface area contributed by atoms with Crippen molar-refractivity contribution in [3.8, 4) is 0 Å². The number of carbonyl (C=O) groups is 4. The summed E-state index contributed by atoms with van der Waals surface area (Å²) in [5.74, 6) is -1.51. The lowest BCUT2D eigenvalue weighted by Gasteiger charge is -2.35. The molecule has 1 aromatic rings. The number of carbonyl (C=O) groups excluding carboxylic acids is 4.